The zero-order valence-electron chi connectivity index (χ0n) is 14.8. The van der Waals surface area contributed by atoms with E-state index >= 15 is 0 Å². The molecule has 26 heavy (non-hydrogen) atoms. The molecule has 2 aromatic carbocycles. The molecule has 3 aromatic rings. The summed E-state index contributed by atoms with van der Waals surface area (Å²) < 4.78 is 6.17. The van der Waals surface area contributed by atoms with E-state index in [1.807, 2.05) is 62.4 Å². The molecule has 132 valence electrons. The highest BCUT2D eigenvalue weighted by Crippen LogP contribution is 2.32. The molecule has 1 heterocycles. The Labute approximate surface area is 162 Å². The summed E-state index contributed by atoms with van der Waals surface area (Å²) in [5, 5.41) is 0. The lowest BCUT2D eigenvalue weighted by molar-refractivity contribution is 0.0526. The predicted molar refractivity (Wildman–Crippen MR) is 107 cm³/mol. The normalized spacial score (nSPS) is 10.6. The van der Waals surface area contributed by atoms with Gasteiger partial charge >= 0.3 is 5.97 Å². The number of hydrogen-bond donors (Lipinski definition) is 0. The number of benzene rings is 2. The third kappa shape index (κ3) is 4.02. The first-order chi connectivity index (χ1) is 12.6. The van der Waals surface area contributed by atoms with Gasteiger partial charge in [0, 0.05) is 22.2 Å². The van der Waals surface area contributed by atoms with E-state index in [0.717, 1.165) is 21.3 Å². The summed E-state index contributed by atoms with van der Waals surface area (Å²) in [5.74, 6) is -0.338. The lowest BCUT2D eigenvalue weighted by Crippen LogP contribution is -2.11. The van der Waals surface area contributed by atoms with Crippen molar-refractivity contribution in [2.75, 3.05) is 6.61 Å². The molecule has 0 aliphatic carbocycles. The molecule has 0 unspecified atom stereocenters. The van der Waals surface area contributed by atoms with Crippen LogP contribution in [0.5, 0.6) is 0 Å². The summed E-state index contributed by atoms with van der Waals surface area (Å²) in [5.41, 5.74) is 5.04. The number of ether oxygens (including phenoxy) is 1. The van der Waals surface area contributed by atoms with Gasteiger partial charge in [-0.15, -0.1) is 0 Å². The average Bonchev–Trinajstić information content (AvgIpc) is 2.62. The molecule has 0 amide bonds. The summed E-state index contributed by atoms with van der Waals surface area (Å²) in [6.07, 6.45) is 0.711. The Morgan fingerprint density at radius 3 is 2.46 bits per heavy atom. The lowest BCUT2D eigenvalue weighted by Gasteiger charge is -2.15. The van der Waals surface area contributed by atoms with Crippen LogP contribution in [0, 0.1) is 6.92 Å². The number of aryl methyl sites for hydroxylation is 1. The van der Waals surface area contributed by atoms with Crippen molar-refractivity contribution in [3.05, 3.63) is 87.5 Å². The molecule has 0 N–H and O–H groups in total. The first kappa shape index (κ1) is 18.3. The van der Waals surface area contributed by atoms with Crippen LogP contribution in [0.25, 0.3) is 11.3 Å². The molecule has 0 aliphatic heterocycles. The van der Waals surface area contributed by atoms with Gasteiger partial charge in [0.25, 0.3) is 0 Å². The molecule has 0 saturated carbocycles. The molecule has 0 saturated heterocycles. The Kier molecular flexibility index (Phi) is 5.84. The summed E-state index contributed by atoms with van der Waals surface area (Å²) in [6, 6.07) is 20.0. The van der Waals surface area contributed by atoms with Gasteiger partial charge in [-0.25, -0.2) is 4.79 Å². The zero-order chi connectivity index (χ0) is 18.5. The number of nitrogens with zero attached hydrogens (tertiary/aromatic N) is 1. The minimum Gasteiger partial charge on any atom is -0.462 e. The standard InChI is InChI=1S/C22H20BrNO2/c1-3-26-22(25)20-15(2)13-17(14-16-9-5-4-6-10-16)24-21(20)18-11-7-8-12-19(18)23/h4-13H,3,14H2,1-2H3. The number of carbonyl (C=O) groups is 1. The van der Waals surface area contributed by atoms with Crippen LogP contribution in [0.15, 0.2) is 65.1 Å². The number of esters is 1. The zero-order valence-corrected chi connectivity index (χ0v) is 16.4. The summed E-state index contributed by atoms with van der Waals surface area (Å²) in [6.45, 7) is 4.07. The topological polar surface area (TPSA) is 39.2 Å². The van der Waals surface area contributed by atoms with Gasteiger partial charge in [-0.05, 0) is 37.1 Å². The van der Waals surface area contributed by atoms with Gasteiger partial charge in [0.05, 0.1) is 17.9 Å². The summed E-state index contributed by atoms with van der Waals surface area (Å²) in [4.78, 5) is 17.4. The first-order valence-electron chi connectivity index (χ1n) is 8.56. The molecule has 3 nitrogen and oxygen atoms in total. The van der Waals surface area contributed by atoms with Crippen molar-refractivity contribution < 1.29 is 9.53 Å². The largest absolute Gasteiger partial charge is 0.462 e. The molecule has 1 aromatic heterocycles. The van der Waals surface area contributed by atoms with Crippen molar-refractivity contribution >= 4 is 21.9 Å². The smallest absolute Gasteiger partial charge is 0.340 e. The van der Waals surface area contributed by atoms with Gasteiger partial charge in [0.15, 0.2) is 0 Å². The van der Waals surface area contributed by atoms with Gasteiger partial charge in [0.2, 0.25) is 0 Å². The molecule has 0 spiro atoms. The van der Waals surface area contributed by atoms with Crippen LogP contribution < -0.4 is 0 Å². The maximum atomic E-state index is 12.6. The minimum absolute atomic E-state index is 0.333. The quantitative estimate of drug-likeness (QED) is 0.515. The Morgan fingerprint density at radius 1 is 1.08 bits per heavy atom. The number of aromatic nitrogens is 1. The average molecular weight is 410 g/mol. The van der Waals surface area contributed by atoms with Crippen molar-refractivity contribution in [2.45, 2.75) is 20.3 Å². The van der Waals surface area contributed by atoms with Gasteiger partial charge < -0.3 is 4.74 Å². The predicted octanol–water partition coefficient (Wildman–Crippen LogP) is 5.59. The van der Waals surface area contributed by atoms with Crippen molar-refractivity contribution in [2.24, 2.45) is 0 Å². The first-order valence-corrected chi connectivity index (χ1v) is 9.36. The fraction of sp³-hybridized carbons (Fsp3) is 0.182. The number of rotatable bonds is 5. The molecule has 3 rings (SSSR count). The van der Waals surface area contributed by atoms with Crippen LogP contribution in [-0.2, 0) is 11.2 Å². The Hall–Kier alpha value is -2.46. The second-order valence-electron chi connectivity index (χ2n) is 6.02. The van der Waals surface area contributed by atoms with Crippen LogP contribution in [0.3, 0.4) is 0 Å². The lowest BCUT2D eigenvalue weighted by atomic mass is 9.99. The van der Waals surface area contributed by atoms with E-state index in [4.69, 9.17) is 9.72 Å². The van der Waals surface area contributed by atoms with Crippen LogP contribution >= 0.6 is 15.9 Å². The van der Waals surface area contributed by atoms with E-state index in [-0.39, 0.29) is 5.97 Å². The number of halogens is 1. The fourth-order valence-corrected chi connectivity index (χ4v) is 3.42. The number of carbonyl (C=O) groups excluding carboxylic acids is 1. The second kappa shape index (κ2) is 8.28. The van der Waals surface area contributed by atoms with Gasteiger partial charge in [0.1, 0.15) is 0 Å². The highest BCUT2D eigenvalue weighted by Gasteiger charge is 2.21. The van der Waals surface area contributed by atoms with E-state index in [1.54, 1.807) is 0 Å². The van der Waals surface area contributed by atoms with E-state index in [0.29, 0.717) is 24.3 Å². The Morgan fingerprint density at radius 2 is 1.77 bits per heavy atom. The minimum atomic E-state index is -0.338. The van der Waals surface area contributed by atoms with Crippen LogP contribution in [0.2, 0.25) is 0 Å². The van der Waals surface area contributed by atoms with Crippen LogP contribution in [0.1, 0.15) is 34.1 Å². The molecule has 4 heteroatoms. The molecule has 0 radical (unpaired) electrons. The van der Waals surface area contributed by atoms with Crippen LogP contribution in [0.4, 0.5) is 0 Å². The van der Waals surface area contributed by atoms with E-state index in [1.165, 1.54) is 5.56 Å². The second-order valence-corrected chi connectivity index (χ2v) is 6.87. The van der Waals surface area contributed by atoms with Crippen LogP contribution in [-0.4, -0.2) is 17.6 Å². The van der Waals surface area contributed by atoms with Crippen molar-refractivity contribution in [1.82, 2.24) is 4.98 Å². The van der Waals surface area contributed by atoms with Gasteiger partial charge in [-0.2, -0.15) is 0 Å². The van der Waals surface area contributed by atoms with E-state index < -0.39 is 0 Å². The summed E-state index contributed by atoms with van der Waals surface area (Å²) >= 11 is 3.58. The van der Waals surface area contributed by atoms with E-state index in [9.17, 15) is 4.79 Å². The maximum absolute atomic E-state index is 12.6. The monoisotopic (exact) mass is 409 g/mol. The third-order valence-corrected chi connectivity index (χ3v) is 4.80. The fourth-order valence-electron chi connectivity index (χ4n) is 2.95. The highest BCUT2D eigenvalue weighted by atomic mass is 79.9. The van der Waals surface area contributed by atoms with E-state index in [2.05, 4.69) is 28.1 Å². The van der Waals surface area contributed by atoms with Crippen molar-refractivity contribution in [3.63, 3.8) is 0 Å². The third-order valence-electron chi connectivity index (χ3n) is 4.11. The summed E-state index contributed by atoms with van der Waals surface area (Å²) in [7, 11) is 0. The van der Waals surface area contributed by atoms with Crippen molar-refractivity contribution in [1.29, 1.82) is 0 Å². The number of hydrogen-bond acceptors (Lipinski definition) is 3. The molecular weight excluding hydrogens is 390 g/mol. The number of pyridine rings is 1. The molecule has 0 fully saturated rings. The Bertz CT molecular complexity index is 923. The molecular formula is C22H20BrNO2. The van der Waals surface area contributed by atoms with Gasteiger partial charge in [-0.3, -0.25) is 4.98 Å². The van der Waals surface area contributed by atoms with Gasteiger partial charge in [-0.1, -0.05) is 64.5 Å². The maximum Gasteiger partial charge on any atom is 0.340 e. The highest BCUT2D eigenvalue weighted by molar-refractivity contribution is 9.10. The SMILES string of the molecule is CCOC(=O)c1c(C)cc(Cc2ccccc2)nc1-c1ccccc1Br. The van der Waals surface area contributed by atoms with Crippen molar-refractivity contribution in [3.8, 4) is 11.3 Å². The Balaban J connectivity index is 2.14. The molecule has 0 atom stereocenters. The molecule has 0 bridgehead atoms. The molecule has 0 aliphatic rings.